The summed E-state index contributed by atoms with van der Waals surface area (Å²) in [6, 6.07) is 19.0. The van der Waals surface area contributed by atoms with E-state index in [1.165, 1.54) is 15.5 Å². The molecular formula is C52H68N8O6. The predicted molar refractivity (Wildman–Crippen MR) is 257 cm³/mol. The van der Waals surface area contributed by atoms with Gasteiger partial charge in [0.1, 0.15) is 18.1 Å². The number of aliphatic imine (C=N–C) groups is 2. The van der Waals surface area contributed by atoms with Gasteiger partial charge in [-0.1, -0.05) is 71.9 Å². The maximum absolute atomic E-state index is 14.7. The number of hydrogen-bond donors (Lipinski definition) is 2. The van der Waals surface area contributed by atoms with Crippen LogP contribution in [0.25, 0.3) is 33.3 Å². The van der Waals surface area contributed by atoms with Crippen LogP contribution >= 0.6 is 0 Å². The Kier molecular flexibility index (Phi) is 15.3. The van der Waals surface area contributed by atoms with E-state index in [1.54, 1.807) is 14.2 Å². The Morgan fingerprint density at radius 3 is 2.58 bits per heavy atom. The minimum Gasteiger partial charge on any atom is -0.464 e. The molecule has 14 nitrogen and oxygen atoms in total. The van der Waals surface area contributed by atoms with Crippen LogP contribution in [0.2, 0.25) is 0 Å². The smallest absolute Gasteiger partial charge is 0.324 e. The normalized spacial score (nSPS) is 21.3. The molecule has 2 N–H and O–H groups in total. The molecule has 1 aliphatic carbocycles. The van der Waals surface area contributed by atoms with Gasteiger partial charge in [-0.2, -0.15) is 0 Å². The van der Waals surface area contributed by atoms with Crippen LogP contribution in [0, 0.1) is 17.3 Å². The van der Waals surface area contributed by atoms with E-state index in [0.717, 1.165) is 51.1 Å². The molecule has 1 saturated carbocycles. The first kappa shape index (κ1) is 48.2. The van der Waals surface area contributed by atoms with E-state index in [4.69, 9.17) is 14.5 Å². The molecular weight excluding hydrogens is 833 g/mol. The van der Waals surface area contributed by atoms with Gasteiger partial charge in [0.15, 0.2) is 0 Å². The molecule has 3 amide bonds. The number of esters is 1. The third-order valence-corrected chi connectivity index (χ3v) is 13.3. The summed E-state index contributed by atoms with van der Waals surface area (Å²) in [5.41, 5.74) is 11.1. The molecule has 3 atom stereocenters. The lowest BCUT2D eigenvalue weighted by Gasteiger charge is -2.39. The van der Waals surface area contributed by atoms with Crippen molar-refractivity contribution in [3.8, 4) is 22.4 Å². The molecule has 2 aliphatic heterocycles. The quantitative estimate of drug-likeness (QED) is 0.0856. The molecule has 0 spiro atoms. The zero-order chi connectivity index (χ0) is 47.3. The number of aryl methyl sites for hydroxylation is 1. The topological polar surface area (TPSA) is 160 Å². The van der Waals surface area contributed by atoms with Crippen molar-refractivity contribution in [2.45, 2.75) is 124 Å². The Morgan fingerprint density at radius 1 is 1.08 bits per heavy atom. The van der Waals surface area contributed by atoms with Gasteiger partial charge >= 0.3 is 5.97 Å². The second-order valence-corrected chi connectivity index (χ2v) is 19.7. The molecule has 3 aliphatic rings. The molecule has 4 heterocycles. The van der Waals surface area contributed by atoms with Crippen LogP contribution in [-0.4, -0.2) is 114 Å². The van der Waals surface area contributed by atoms with E-state index in [-0.39, 0.29) is 48.6 Å². The van der Waals surface area contributed by atoms with Crippen molar-refractivity contribution in [3.05, 3.63) is 77.6 Å². The molecule has 14 heteroatoms. The maximum Gasteiger partial charge on any atom is 0.324 e. The van der Waals surface area contributed by atoms with Crippen molar-refractivity contribution in [2.75, 3.05) is 40.5 Å². The summed E-state index contributed by atoms with van der Waals surface area (Å²) in [4.78, 5) is 71.8. The lowest BCUT2D eigenvalue weighted by atomic mass is 9.79. The molecule has 2 aromatic carbocycles. The van der Waals surface area contributed by atoms with Crippen LogP contribution in [0.5, 0.6) is 0 Å². The maximum atomic E-state index is 14.7. The number of amides is 3. The largest absolute Gasteiger partial charge is 0.464 e. The van der Waals surface area contributed by atoms with E-state index in [0.29, 0.717) is 51.8 Å². The summed E-state index contributed by atoms with van der Waals surface area (Å²) >= 11 is 0. The van der Waals surface area contributed by atoms with E-state index < -0.39 is 35.4 Å². The summed E-state index contributed by atoms with van der Waals surface area (Å²) in [6.07, 6.45) is 4.83. The van der Waals surface area contributed by atoms with Crippen molar-refractivity contribution >= 4 is 40.6 Å². The van der Waals surface area contributed by atoms with Gasteiger partial charge in [-0.05, 0) is 97.4 Å². The van der Waals surface area contributed by atoms with Crippen molar-refractivity contribution < 1.29 is 28.7 Å². The summed E-state index contributed by atoms with van der Waals surface area (Å²) < 4.78 is 13.5. The number of likely N-dealkylation sites (N-methyl/N-ethyl adjacent to an activating group) is 1. The third-order valence-electron chi connectivity index (χ3n) is 13.3. The number of carbonyl (C=O) groups is 4. The van der Waals surface area contributed by atoms with Gasteiger partial charge < -0.3 is 24.3 Å². The van der Waals surface area contributed by atoms with E-state index in [1.807, 2.05) is 38.2 Å². The number of hydrogen-bond acceptors (Lipinski definition) is 10. The molecule has 352 valence electrons. The Bertz CT molecular complexity index is 2480. The molecule has 6 bridgehead atoms. The van der Waals surface area contributed by atoms with Gasteiger partial charge in [-0.3, -0.25) is 29.2 Å². The molecule has 0 radical (unpaired) electrons. The average Bonchev–Trinajstić information content (AvgIpc) is 3.59. The second kappa shape index (κ2) is 20.9. The minimum atomic E-state index is -1.01. The van der Waals surface area contributed by atoms with Crippen molar-refractivity contribution in [2.24, 2.45) is 27.2 Å². The number of aromatic nitrogens is 2. The number of methoxy groups -OCH3 is 1. The molecule has 7 rings (SSSR count). The summed E-state index contributed by atoms with van der Waals surface area (Å²) in [7, 11) is 3.27. The molecule has 2 aromatic heterocycles. The fraction of sp³-hybridized carbons (Fsp3) is 0.538. The number of nitrogens with zero attached hydrogens (tertiary/aromatic N) is 6. The number of carbonyl (C=O) groups excluding carboxylic acids is 4. The third kappa shape index (κ3) is 10.6. The highest BCUT2D eigenvalue weighted by Crippen LogP contribution is 2.42. The Hall–Kier alpha value is -5.69. The van der Waals surface area contributed by atoms with Crippen LogP contribution in [0.15, 0.2) is 70.8 Å². The standard InChI is InChI=1S/C52H68N8O6/c1-10-59-44-19-18-36-28-40(44)41(47(59)39-16-12-20-54-45(39)32(2)3)29-52(6,7)30-66-51(64)42-17-13-22-60(57-42)50(63)43(25-34-14-11-15-35(36)24-34)56-48(61)46(33(4)5)58(8)49(62)37-26-38(27-37)55-31-53-21-23-65-9/h11-12,14-16,18-20,24,28,32-33,37-38,42-43,46,57H,10,13,17,21-23,25-27,29-30H2,1-9H3,(H,56,61)/t37?,38?,42-,43-,46-/m0/s1. The number of nitrogens with one attached hydrogen (secondary N) is 2. The zero-order valence-electron chi connectivity index (χ0n) is 40.2. The zero-order valence-corrected chi connectivity index (χ0v) is 40.2. The van der Waals surface area contributed by atoms with E-state index in [2.05, 4.69) is 102 Å². The molecule has 4 aromatic rings. The van der Waals surface area contributed by atoms with Crippen LogP contribution in [-0.2, 0) is 48.0 Å². The van der Waals surface area contributed by atoms with Crippen molar-refractivity contribution in [3.63, 3.8) is 0 Å². The lowest BCUT2D eigenvalue weighted by Crippen LogP contribution is -2.62. The highest BCUT2D eigenvalue weighted by Gasteiger charge is 2.41. The van der Waals surface area contributed by atoms with Gasteiger partial charge in [-0.25, -0.2) is 15.4 Å². The number of rotatable bonds is 12. The van der Waals surface area contributed by atoms with Gasteiger partial charge in [0.2, 0.25) is 11.8 Å². The van der Waals surface area contributed by atoms with E-state index >= 15 is 0 Å². The molecule has 1 saturated heterocycles. The van der Waals surface area contributed by atoms with Crippen molar-refractivity contribution in [1.82, 2.24) is 30.2 Å². The van der Waals surface area contributed by atoms with Crippen LogP contribution < -0.4 is 10.7 Å². The Balaban J connectivity index is 1.24. The van der Waals surface area contributed by atoms with Crippen molar-refractivity contribution in [1.29, 1.82) is 0 Å². The SMILES string of the molecule is CCn1c(-c2cccnc2C(C)C)c2c3cc(ccc31)-c1cccc(c1)C[C@H](NC(=O)[C@H](C(C)C)N(C)C(=O)C1CC(N=C=NCCOC)C1)C(=O)N1CCC[C@H](N1)C(=O)OCC(C)(C)C2. The van der Waals surface area contributed by atoms with Gasteiger partial charge in [0.05, 0.1) is 43.2 Å². The summed E-state index contributed by atoms with van der Waals surface area (Å²) in [5.74, 6) is -1.70. The minimum absolute atomic E-state index is 0.0567. The first-order valence-corrected chi connectivity index (χ1v) is 23.7. The Labute approximate surface area is 389 Å². The summed E-state index contributed by atoms with van der Waals surface area (Å²) in [5, 5.41) is 5.68. The number of pyridine rings is 1. The average molecular weight is 901 g/mol. The predicted octanol–water partition coefficient (Wildman–Crippen LogP) is 7.24. The van der Waals surface area contributed by atoms with Crippen LogP contribution in [0.3, 0.4) is 0 Å². The monoisotopic (exact) mass is 901 g/mol. The molecule has 2 fully saturated rings. The fourth-order valence-electron chi connectivity index (χ4n) is 9.82. The number of fused-ring (bicyclic) bond motifs is 6. The fourth-order valence-corrected chi connectivity index (χ4v) is 9.82. The molecule has 66 heavy (non-hydrogen) atoms. The number of cyclic esters (lactones) is 1. The first-order valence-electron chi connectivity index (χ1n) is 23.7. The summed E-state index contributed by atoms with van der Waals surface area (Å²) in [6.45, 7) is 16.8. The Morgan fingerprint density at radius 2 is 1.85 bits per heavy atom. The number of benzene rings is 2. The molecule has 0 unspecified atom stereocenters. The lowest BCUT2D eigenvalue weighted by molar-refractivity contribution is -0.155. The number of hydrazine groups is 1. The first-order chi connectivity index (χ1) is 31.6. The highest BCUT2D eigenvalue weighted by molar-refractivity contribution is 5.96. The number of ether oxygens (including phenoxy) is 2. The highest BCUT2D eigenvalue weighted by atomic mass is 16.5. The van der Waals surface area contributed by atoms with E-state index in [9.17, 15) is 19.2 Å². The second-order valence-electron chi connectivity index (χ2n) is 19.7. The van der Waals surface area contributed by atoms with Gasteiger partial charge in [0.25, 0.3) is 5.91 Å². The van der Waals surface area contributed by atoms with Crippen LogP contribution in [0.1, 0.15) is 96.9 Å². The van der Waals surface area contributed by atoms with Crippen LogP contribution in [0.4, 0.5) is 0 Å². The van der Waals surface area contributed by atoms with Gasteiger partial charge in [0, 0.05) is 67.7 Å². The van der Waals surface area contributed by atoms with Gasteiger partial charge in [-0.15, -0.1) is 0 Å².